The first-order chi connectivity index (χ1) is 11.3. The molecule has 0 saturated heterocycles. The van der Waals surface area contributed by atoms with Crippen molar-refractivity contribution in [2.24, 2.45) is 0 Å². The highest BCUT2D eigenvalue weighted by atomic mass is 15.3. The van der Waals surface area contributed by atoms with E-state index in [2.05, 4.69) is 34.3 Å². The van der Waals surface area contributed by atoms with Crippen LogP contribution in [0.25, 0.3) is 28.2 Å². The first kappa shape index (κ1) is 13.6. The van der Waals surface area contributed by atoms with E-state index < -0.39 is 0 Å². The second-order valence-electron chi connectivity index (χ2n) is 5.36. The highest BCUT2D eigenvalue weighted by Gasteiger charge is 2.13. The smallest absolute Gasteiger partial charge is 0.210 e. The molecule has 2 aromatic heterocycles. The lowest BCUT2D eigenvalue weighted by molar-refractivity contribution is 0.881. The van der Waals surface area contributed by atoms with Crippen LogP contribution in [-0.4, -0.2) is 19.6 Å². The zero-order chi connectivity index (χ0) is 15.6. The molecule has 0 N–H and O–H groups in total. The number of benzene rings is 2. The van der Waals surface area contributed by atoms with E-state index in [1.807, 2.05) is 49.5 Å². The van der Waals surface area contributed by atoms with Crippen LogP contribution in [0, 0.1) is 0 Å². The summed E-state index contributed by atoms with van der Waals surface area (Å²) in [5, 5.41) is 4.50. The molecule has 0 spiro atoms. The van der Waals surface area contributed by atoms with Gasteiger partial charge in [-0.3, -0.25) is 0 Å². The Balaban J connectivity index is 2.01. The van der Waals surface area contributed by atoms with Gasteiger partial charge in [-0.1, -0.05) is 67.6 Å². The van der Waals surface area contributed by atoms with Crippen molar-refractivity contribution in [3.05, 3.63) is 72.7 Å². The summed E-state index contributed by atoms with van der Waals surface area (Å²) in [5.41, 5.74) is 4.18. The largest absolute Gasteiger partial charge is 0.253 e. The average Bonchev–Trinajstić information content (AvgIpc) is 3.04. The van der Waals surface area contributed by atoms with Gasteiger partial charge in [0.05, 0.1) is 5.69 Å². The van der Waals surface area contributed by atoms with E-state index in [0.29, 0.717) is 5.78 Å². The van der Waals surface area contributed by atoms with Crippen LogP contribution in [0.15, 0.2) is 66.9 Å². The molecule has 4 heteroatoms. The van der Waals surface area contributed by atoms with E-state index >= 15 is 0 Å². The molecule has 0 radical (unpaired) electrons. The maximum Gasteiger partial charge on any atom is 0.253 e. The van der Waals surface area contributed by atoms with Crippen LogP contribution in [-0.2, 0) is 6.42 Å². The molecule has 23 heavy (non-hydrogen) atoms. The van der Waals surface area contributed by atoms with Crippen LogP contribution >= 0.6 is 0 Å². The standard InChI is InChI=1S/C19H16N4/c1-2-17-20-19-21-18(15-11-7-4-8-12-15)16(13-23(19)22-17)14-9-5-3-6-10-14/h3-13H,2H2,1H3. The zero-order valence-corrected chi connectivity index (χ0v) is 12.8. The van der Waals surface area contributed by atoms with Crippen molar-refractivity contribution in [3.63, 3.8) is 0 Å². The number of aryl methyl sites for hydroxylation is 1. The molecule has 0 aliphatic heterocycles. The molecule has 4 nitrogen and oxygen atoms in total. The van der Waals surface area contributed by atoms with Crippen molar-refractivity contribution >= 4 is 5.78 Å². The molecule has 0 aliphatic carbocycles. The van der Waals surface area contributed by atoms with Gasteiger partial charge in [0.2, 0.25) is 0 Å². The minimum Gasteiger partial charge on any atom is -0.210 e. The molecule has 2 heterocycles. The molecule has 4 rings (SSSR count). The number of hydrogen-bond acceptors (Lipinski definition) is 3. The average molecular weight is 300 g/mol. The minimum atomic E-state index is 0.639. The summed E-state index contributed by atoms with van der Waals surface area (Å²) in [6.07, 6.45) is 2.82. The van der Waals surface area contributed by atoms with Crippen LogP contribution in [0.5, 0.6) is 0 Å². The summed E-state index contributed by atoms with van der Waals surface area (Å²) in [4.78, 5) is 9.27. The Hall–Kier alpha value is -3.01. The second-order valence-corrected chi connectivity index (χ2v) is 5.36. The Morgan fingerprint density at radius 1 is 0.826 bits per heavy atom. The molecule has 0 aliphatic rings. The van der Waals surface area contributed by atoms with Gasteiger partial charge in [-0.05, 0) is 5.56 Å². The SMILES string of the molecule is CCc1nc2nc(-c3ccccc3)c(-c3ccccc3)cn2n1. The second kappa shape index (κ2) is 5.65. The molecular weight excluding hydrogens is 284 g/mol. The topological polar surface area (TPSA) is 43.1 Å². The maximum atomic E-state index is 4.78. The Morgan fingerprint density at radius 2 is 1.48 bits per heavy atom. The molecule has 112 valence electrons. The molecule has 0 saturated carbocycles. The summed E-state index contributed by atoms with van der Waals surface area (Å²) < 4.78 is 1.77. The van der Waals surface area contributed by atoms with Crippen LogP contribution in [0.1, 0.15) is 12.7 Å². The van der Waals surface area contributed by atoms with Gasteiger partial charge in [-0.25, -0.2) is 9.50 Å². The fourth-order valence-electron chi connectivity index (χ4n) is 2.66. The highest BCUT2D eigenvalue weighted by Crippen LogP contribution is 2.30. The number of aromatic nitrogens is 4. The quantitative estimate of drug-likeness (QED) is 0.574. The molecule has 0 bridgehead atoms. The Bertz CT molecular complexity index is 867. The van der Waals surface area contributed by atoms with Crippen LogP contribution in [0.2, 0.25) is 0 Å². The van der Waals surface area contributed by atoms with Crippen molar-refractivity contribution in [3.8, 4) is 22.4 Å². The summed E-state index contributed by atoms with van der Waals surface area (Å²) in [6.45, 7) is 2.05. The lowest BCUT2D eigenvalue weighted by Gasteiger charge is -2.09. The number of rotatable bonds is 3. The molecule has 2 aromatic carbocycles. The van der Waals surface area contributed by atoms with E-state index in [1.54, 1.807) is 4.52 Å². The third-order valence-corrected chi connectivity index (χ3v) is 3.82. The van der Waals surface area contributed by atoms with Crippen molar-refractivity contribution < 1.29 is 0 Å². The highest BCUT2D eigenvalue weighted by molar-refractivity contribution is 5.81. The van der Waals surface area contributed by atoms with Crippen molar-refractivity contribution in [2.45, 2.75) is 13.3 Å². The lowest BCUT2D eigenvalue weighted by Crippen LogP contribution is -1.97. The van der Waals surface area contributed by atoms with Gasteiger partial charge in [-0.2, -0.15) is 4.98 Å². The van der Waals surface area contributed by atoms with Gasteiger partial charge in [0.1, 0.15) is 0 Å². The van der Waals surface area contributed by atoms with Gasteiger partial charge < -0.3 is 0 Å². The molecule has 0 atom stereocenters. The van der Waals surface area contributed by atoms with Gasteiger partial charge in [0, 0.05) is 23.7 Å². The van der Waals surface area contributed by atoms with E-state index in [9.17, 15) is 0 Å². The Morgan fingerprint density at radius 3 is 2.13 bits per heavy atom. The van der Waals surface area contributed by atoms with Crippen molar-refractivity contribution in [2.75, 3.05) is 0 Å². The van der Waals surface area contributed by atoms with Crippen molar-refractivity contribution in [1.29, 1.82) is 0 Å². The van der Waals surface area contributed by atoms with Gasteiger partial charge >= 0.3 is 0 Å². The van der Waals surface area contributed by atoms with Crippen molar-refractivity contribution in [1.82, 2.24) is 19.6 Å². The first-order valence-electron chi connectivity index (χ1n) is 7.72. The first-order valence-corrected chi connectivity index (χ1v) is 7.72. The van der Waals surface area contributed by atoms with Gasteiger partial charge in [0.25, 0.3) is 5.78 Å². The zero-order valence-electron chi connectivity index (χ0n) is 12.8. The Labute approximate surface area is 134 Å². The van der Waals surface area contributed by atoms with Gasteiger partial charge in [0.15, 0.2) is 5.82 Å². The number of hydrogen-bond donors (Lipinski definition) is 0. The summed E-state index contributed by atoms with van der Waals surface area (Å²) in [5.74, 6) is 1.45. The predicted octanol–water partition coefficient (Wildman–Crippen LogP) is 4.02. The third kappa shape index (κ3) is 2.48. The fourth-order valence-corrected chi connectivity index (χ4v) is 2.66. The summed E-state index contributed by atoms with van der Waals surface area (Å²) in [6, 6.07) is 20.5. The maximum absolute atomic E-state index is 4.78. The van der Waals surface area contributed by atoms with Crippen LogP contribution in [0.4, 0.5) is 0 Å². The minimum absolute atomic E-state index is 0.639. The van der Waals surface area contributed by atoms with E-state index in [4.69, 9.17) is 4.98 Å². The molecule has 0 fully saturated rings. The lowest BCUT2D eigenvalue weighted by atomic mass is 10.0. The molecular formula is C19H16N4. The molecule has 0 amide bonds. The van der Waals surface area contributed by atoms with E-state index in [1.165, 1.54) is 0 Å². The summed E-state index contributed by atoms with van der Waals surface area (Å²) in [7, 11) is 0. The monoisotopic (exact) mass is 300 g/mol. The summed E-state index contributed by atoms with van der Waals surface area (Å²) >= 11 is 0. The fraction of sp³-hybridized carbons (Fsp3) is 0.105. The predicted molar refractivity (Wildman–Crippen MR) is 91.0 cm³/mol. The molecule has 0 unspecified atom stereocenters. The third-order valence-electron chi connectivity index (χ3n) is 3.82. The van der Waals surface area contributed by atoms with Gasteiger partial charge in [-0.15, -0.1) is 5.10 Å². The van der Waals surface area contributed by atoms with Crippen LogP contribution in [0.3, 0.4) is 0 Å². The molecule has 4 aromatic rings. The normalized spacial score (nSPS) is 11.0. The number of nitrogens with zero attached hydrogens (tertiary/aromatic N) is 4. The van der Waals surface area contributed by atoms with Crippen LogP contribution < -0.4 is 0 Å². The Kier molecular flexibility index (Phi) is 3.35. The van der Waals surface area contributed by atoms with E-state index in [-0.39, 0.29) is 0 Å². The number of fused-ring (bicyclic) bond motifs is 1. The van der Waals surface area contributed by atoms with E-state index in [0.717, 1.165) is 34.6 Å².